The van der Waals surface area contributed by atoms with Gasteiger partial charge >= 0.3 is 0 Å². The predicted molar refractivity (Wildman–Crippen MR) is 99.5 cm³/mol. The van der Waals surface area contributed by atoms with Gasteiger partial charge in [-0.15, -0.1) is 0 Å². The molecule has 3 aromatic rings. The zero-order chi connectivity index (χ0) is 18.3. The Morgan fingerprint density at radius 2 is 2.00 bits per heavy atom. The monoisotopic (exact) mass is 371 g/mol. The Morgan fingerprint density at radius 3 is 2.73 bits per heavy atom. The van der Waals surface area contributed by atoms with E-state index in [1.807, 2.05) is 24.4 Å². The van der Waals surface area contributed by atoms with Crippen LogP contribution in [0.5, 0.6) is 0 Å². The van der Waals surface area contributed by atoms with Crippen LogP contribution in [0.15, 0.2) is 35.4 Å². The van der Waals surface area contributed by atoms with Crippen molar-refractivity contribution in [3.05, 3.63) is 47.7 Å². The van der Waals surface area contributed by atoms with E-state index >= 15 is 0 Å². The molecule has 4 rings (SSSR count). The molecule has 0 unspecified atom stereocenters. The summed E-state index contributed by atoms with van der Waals surface area (Å²) in [7, 11) is -3.74. The minimum Gasteiger partial charge on any atom is -0.334 e. The van der Waals surface area contributed by atoms with Gasteiger partial charge in [0.1, 0.15) is 10.7 Å². The van der Waals surface area contributed by atoms with E-state index in [2.05, 4.69) is 19.5 Å². The quantitative estimate of drug-likeness (QED) is 0.737. The molecule has 0 bridgehead atoms. The van der Waals surface area contributed by atoms with E-state index in [4.69, 9.17) is 4.98 Å². The third kappa shape index (κ3) is 2.90. The second-order valence-corrected chi connectivity index (χ2v) is 8.23. The van der Waals surface area contributed by atoms with Crippen molar-refractivity contribution in [2.75, 3.05) is 4.72 Å². The van der Waals surface area contributed by atoms with Gasteiger partial charge in [-0.25, -0.2) is 13.4 Å². The number of benzene rings is 1. The molecule has 1 aliphatic heterocycles. The van der Waals surface area contributed by atoms with E-state index < -0.39 is 10.0 Å². The summed E-state index contributed by atoms with van der Waals surface area (Å²) in [6.45, 7) is 4.33. The molecule has 0 saturated carbocycles. The number of aryl methyl sites for hydroxylation is 4. The largest absolute Gasteiger partial charge is 0.334 e. The number of nitrogens with zero attached hydrogens (tertiary/aromatic N) is 3. The minimum absolute atomic E-state index is 0.191. The van der Waals surface area contributed by atoms with Gasteiger partial charge in [-0.1, -0.05) is 18.2 Å². The molecule has 0 fully saturated rings. The highest BCUT2D eigenvalue weighted by atomic mass is 32.2. The summed E-state index contributed by atoms with van der Waals surface area (Å²) in [4.78, 5) is 4.91. The van der Waals surface area contributed by atoms with Crippen molar-refractivity contribution >= 4 is 15.7 Å². The number of fused-ring (bicyclic) bond motifs is 1. The smallest absolute Gasteiger partial charge is 0.265 e. The summed E-state index contributed by atoms with van der Waals surface area (Å²) >= 11 is 0. The summed E-state index contributed by atoms with van der Waals surface area (Å²) in [5.41, 5.74) is 3.05. The number of aromatic nitrogens is 4. The summed E-state index contributed by atoms with van der Waals surface area (Å²) in [6.07, 6.45) is 5.26. The number of hydrogen-bond donors (Lipinski definition) is 2. The van der Waals surface area contributed by atoms with Gasteiger partial charge in [-0.2, -0.15) is 5.10 Å². The maximum atomic E-state index is 12.9. The molecule has 3 heterocycles. The Kier molecular flexibility index (Phi) is 4.07. The Hall–Kier alpha value is -2.61. The molecule has 26 heavy (non-hydrogen) atoms. The molecule has 2 aromatic heterocycles. The highest BCUT2D eigenvalue weighted by Crippen LogP contribution is 2.31. The first kappa shape index (κ1) is 16.8. The summed E-state index contributed by atoms with van der Waals surface area (Å²) in [5.74, 6) is 1.06. The third-order valence-corrected chi connectivity index (χ3v) is 6.31. The molecule has 136 valence electrons. The fourth-order valence-electron chi connectivity index (χ4n) is 3.47. The van der Waals surface area contributed by atoms with Crippen LogP contribution in [0.2, 0.25) is 0 Å². The lowest BCUT2D eigenvalue weighted by molar-refractivity contribution is 0.522. The number of imidazole rings is 1. The Bertz CT molecular complexity index is 1020. The van der Waals surface area contributed by atoms with Gasteiger partial charge in [0, 0.05) is 24.7 Å². The molecule has 0 aliphatic carbocycles. The molecule has 0 saturated heterocycles. The third-order valence-electron chi connectivity index (χ3n) is 4.69. The van der Waals surface area contributed by atoms with E-state index in [-0.39, 0.29) is 4.90 Å². The van der Waals surface area contributed by atoms with Crippen LogP contribution in [0.1, 0.15) is 30.1 Å². The van der Waals surface area contributed by atoms with Crippen molar-refractivity contribution in [2.24, 2.45) is 0 Å². The van der Waals surface area contributed by atoms with Gasteiger partial charge in [0.25, 0.3) is 10.0 Å². The fraction of sp³-hybridized carbons (Fsp3) is 0.333. The molecule has 1 aromatic carbocycles. The van der Waals surface area contributed by atoms with Gasteiger partial charge in [-0.05, 0) is 32.8 Å². The number of para-hydroxylation sites is 1. The van der Waals surface area contributed by atoms with Crippen LogP contribution in [0.4, 0.5) is 5.69 Å². The zero-order valence-corrected chi connectivity index (χ0v) is 15.6. The van der Waals surface area contributed by atoms with Crippen LogP contribution < -0.4 is 4.72 Å². The van der Waals surface area contributed by atoms with Crippen molar-refractivity contribution in [3.8, 4) is 11.3 Å². The van der Waals surface area contributed by atoms with Crippen LogP contribution in [0.3, 0.4) is 0 Å². The molecule has 0 spiro atoms. The molecule has 8 heteroatoms. The normalized spacial score (nSPS) is 14.2. The van der Waals surface area contributed by atoms with Crippen molar-refractivity contribution in [2.45, 2.75) is 44.6 Å². The summed E-state index contributed by atoms with van der Waals surface area (Å²) < 4.78 is 30.6. The SMILES string of the molecule is Cc1n[nH]c(C)c1S(=O)(=O)Nc1ccccc1-c1cn2c(n1)CCCC2. The number of H-pyrrole nitrogens is 1. The van der Waals surface area contributed by atoms with E-state index in [1.165, 1.54) is 0 Å². The zero-order valence-electron chi connectivity index (χ0n) is 14.8. The van der Waals surface area contributed by atoms with Crippen molar-refractivity contribution in [1.82, 2.24) is 19.7 Å². The van der Waals surface area contributed by atoms with Crippen molar-refractivity contribution < 1.29 is 8.42 Å². The first-order valence-electron chi connectivity index (χ1n) is 8.65. The summed E-state index contributed by atoms with van der Waals surface area (Å²) in [5, 5.41) is 6.71. The molecule has 7 nitrogen and oxygen atoms in total. The number of aromatic amines is 1. The second-order valence-electron chi connectivity index (χ2n) is 6.61. The van der Waals surface area contributed by atoms with Crippen LogP contribution >= 0.6 is 0 Å². The number of hydrogen-bond acceptors (Lipinski definition) is 4. The number of nitrogens with one attached hydrogen (secondary N) is 2. The maximum absolute atomic E-state index is 12.9. The molecular weight excluding hydrogens is 350 g/mol. The average molecular weight is 371 g/mol. The fourth-order valence-corrected chi connectivity index (χ4v) is 4.92. The number of rotatable bonds is 4. The highest BCUT2D eigenvalue weighted by molar-refractivity contribution is 7.92. The molecular formula is C18H21N5O2S. The summed E-state index contributed by atoms with van der Waals surface area (Å²) in [6, 6.07) is 7.35. The first-order valence-corrected chi connectivity index (χ1v) is 10.1. The first-order chi connectivity index (χ1) is 12.5. The minimum atomic E-state index is -3.74. The lowest BCUT2D eigenvalue weighted by Crippen LogP contribution is -2.15. The van der Waals surface area contributed by atoms with E-state index in [1.54, 1.807) is 19.9 Å². The predicted octanol–water partition coefficient (Wildman–Crippen LogP) is 3.03. The van der Waals surface area contributed by atoms with Gasteiger partial charge in [0.15, 0.2) is 0 Å². The van der Waals surface area contributed by atoms with E-state index in [0.717, 1.165) is 42.9 Å². The van der Waals surface area contributed by atoms with Gasteiger partial charge in [0.2, 0.25) is 0 Å². The molecule has 1 aliphatic rings. The molecule has 0 atom stereocenters. The van der Waals surface area contributed by atoms with Crippen molar-refractivity contribution in [3.63, 3.8) is 0 Å². The number of anilines is 1. The van der Waals surface area contributed by atoms with Crippen LogP contribution in [0.25, 0.3) is 11.3 Å². The Labute approximate surface area is 152 Å². The second kappa shape index (κ2) is 6.28. The van der Waals surface area contributed by atoms with Gasteiger partial charge in [-0.3, -0.25) is 9.82 Å². The topological polar surface area (TPSA) is 92.7 Å². The van der Waals surface area contributed by atoms with Crippen LogP contribution in [-0.4, -0.2) is 28.2 Å². The lowest BCUT2D eigenvalue weighted by Gasteiger charge is -2.12. The van der Waals surface area contributed by atoms with Gasteiger partial charge < -0.3 is 4.57 Å². The Balaban J connectivity index is 1.74. The highest BCUT2D eigenvalue weighted by Gasteiger charge is 2.24. The molecule has 0 radical (unpaired) electrons. The van der Waals surface area contributed by atoms with E-state index in [9.17, 15) is 8.42 Å². The standard InChI is InChI=1S/C18H21N5O2S/c1-12-18(13(2)21-20-12)26(24,25)22-15-8-4-3-7-14(15)16-11-23-10-6-5-9-17(23)19-16/h3-4,7-8,11,22H,5-6,9-10H2,1-2H3,(H,20,21). The number of sulfonamides is 1. The van der Waals surface area contributed by atoms with E-state index in [0.29, 0.717) is 17.1 Å². The maximum Gasteiger partial charge on any atom is 0.265 e. The van der Waals surface area contributed by atoms with Gasteiger partial charge in [0.05, 0.1) is 22.8 Å². The molecule has 2 N–H and O–H groups in total. The van der Waals surface area contributed by atoms with Crippen LogP contribution in [0, 0.1) is 13.8 Å². The average Bonchev–Trinajstić information content (AvgIpc) is 3.18. The van der Waals surface area contributed by atoms with Crippen molar-refractivity contribution in [1.29, 1.82) is 0 Å². The van der Waals surface area contributed by atoms with Crippen LogP contribution in [-0.2, 0) is 23.0 Å². The molecule has 0 amide bonds. The lowest BCUT2D eigenvalue weighted by atomic mass is 10.1. The Morgan fingerprint density at radius 1 is 1.19 bits per heavy atom.